The Hall–Kier alpha value is -0.830. The number of amides is 1. The van der Waals surface area contributed by atoms with Crippen LogP contribution in [0.4, 0.5) is 0 Å². The van der Waals surface area contributed by atoms with E-state index in [0.717, 1.165) is 29.3 Å². The van der Waals surface area contributed by atoms with Gasteiger partial charge < -0.3 is 5.32 Å². The Kier molecular flexibility index (Phi) is 2.87. The molecule has 1 amide bonds. The number of halogens is 1. The van der Waals surface area contributed by atoms with Crippen LogP contribution in [0.15, 0.2) is 24.3 Å². The van der Waals surface area contributed by atoms with Crippen LogP contribution in [-0.4, -0.2) is 11.9 Å². The third-order valence-electron chi connectivity index (χ3n) is 2.32. The van der Waals surface area contributed by atoms with Crippen molar-refractivity contribution in [1.82, 2.24) is 5.32 Å². The van der Waals surface area contributed by atoms with Crippen LogP contribution in [0, 0.1) is 0 Å². The highest BCUT2D eigenvalue weighted by atomic mass is 79.9. The normalized spacial score (nSPS) is 15.2. The van der Waals surface area contributed by atoms with Gasteiger partial charge >= 0.3 is 0 Å². The number of hydrogen-bond donors (Lipinski definition) is 1. The minimum absolute atomic E-state index is 0.0579. The van der Waals surface area contributed by atoms with E-state index in [-0.39, 0.29) is 5.91 Å². The molecule has 0 bridgehead atoms. The molecule has 74 valence electrons. The Bertz CT molecular complexity index is 347. The maximum atomic E-state index is 11.7. The summed E-state index contributed by atoms with van der Waals surface area (Å²) in [5.41, 5.74) is 1.84. The molecule has 0 radical (unpaired) electrons. The van der Waals surface area contributed by atoms with Gasteiger partial charge in [-0.05, 0) is 24.5 Å². The molecular weight excluding hydrogens is 242 g/mol. The third kappa shape index (κ3) is 2.15. The summed E-state index contributed by atoms with van der Waals surface area (Å²) in [6, 6.07) is 8.11. The summed E-state index contributed by atoms with van der Waals surface area (Å²) in [4.78, 5) is 11.7. The van der Waals surface area contributed by atoms with Crippen molar-refractivity contribution in [2.24, 2.45) is 0 Å². The fourth-order valence-corrected chi connectivity index (χ4v) is 1.84. The van der Waals surface area contributed by atoms with Crippen molar-refractivity contribution < 1.29 is 4.79 Å². The summed E-state index contributed by atoms with van der Waals surface area (Å²) in [6.07, 6.45) is 2.25. The van der Waals surface area contributed by atoms with E-state index in [1.807, 2.05) is 24.3 Å². The standard InChI is InChI=1S/C11H12BrNO/c12-7-8-3-1-2-4-10(8)11(14)13-9-5-6-9/h1-4,9H,5-7H2,(H,13,14). The molecule has 1 aromatic carbocycles. The summed E-state index contributed by atoms with van der Waals surface area (Å²) < 4.78 is 0. The van der Waals surface area contributed by atoms with Crippen LogP contribution in [0.5, 0.6) is 0 Å². The van der Waals surface area contributed by atoms with Crippen molar-refractivity contribution in [3.05, 3.63) is 35.4 Å². The van der Waals surface area contributed by atoms with Gasteiger partial charge in [0.25, 0.3) is 5.91 Å². The van der Waals surface area contributed by atoms with Crippen molar-refractivity contribution in [2.75, 3.05) is 0 Å². The highest BCUT2D eigenvalue weighted by molar-refractivity contribution is 9.08. The van der Waals surface area contributed by atoms with Gasteiger partial charge in [-0.15, -0.1) is 0 Å². The molecule has 2 nitrogen and oxygen atoms in total. The summed E-state index contributed by atoms with van der Waals surface area (Å²) in [5, 5.41) is 3.71. The first-order valence-corrected chi connectivity index (χ1v) is 5.88. The predicted octanol–water partition coefficient (Wildman–Crippen LogP) is 2.47. The second-order valence-corrected chi connectivity index (χ2v) is 4.10. The van der Waals surface area contributed by atoms with Gasteiger partial charge in [0, 0.05) is 16.9 Å². The Morgan fingerprint density at radius 3 is 2.79 bits per heavy atom. The SMILES string of the molecule is O=C(NC1CC1)c1ccccc1CBr. The monoisotopic (exact) mass is 253 g/mol. The van der Waals surface area contributed by atoms with Crippen LogP contribution >= 0.6 is 15.9 Å². The molecule has 0 aliphatic heterocycles. The second-order valence-electron chi connectivity index (χ2n) is 3.54. The summed E-state index contributed by atoms with van der Waals surface area (Å²) in [6.45, 7) is 0. The lowest BCUT2D eigenvalue weighted by atomic mass is 10.1. The van der Waals surface area contributed by atoms with Gasteiger partial charge in [-0.3, -0.25) is 4.79 Å². The number of rotatable bonds is 3. The van der Waals surface area contributed by atoms with E-state index < -0.39 is 0 Å². The molecule has 1 aliphatic carbocycles. The lowest BCUT2D eigenvalue weighted by Gasteiger charge is -2.06. The topological polar surface area (TPSA) is 29.1 Å². The predicted molar refractivity (Wildman–Crippen MR) is 59.6 cm³/mol. The Labute approximate surface area is 91.8 Å². The molecule has 1 fully saturated rings. The van der Waals surface area contributed by atoms with Gasteiger partial charge in [-0.2, -0.15) is 0 Å². The largest absolute Gasteiger partial charge is 0.349 e. The summed E-state index contributed by atoms with van der Waals surface area (Å²) in [5.74, 6) is 0.0579. The zero-order valence-corrected chi connectivity index (χ0v) is 9.38. The zero-order chi connectivity index (χ0) is 9.97. The average molecular weight is 254 g/mol. The molecule has 0 atom stereocenters. The lowest BCUT2D eigenvalue weighted by Crippen LogP contribution is -2.26. The lowest BCUT2D eigenvalue weighted by molar-refractivity contribution is 0.0950. The number of nitrogens with one attached hydrogen (secondary N) is 1. The Morgan fingerprint density at radius 2 is 2.14 bits per heavy atom. The van der Waals surface area contributed by atoms with Crippen LogP contribution in [0.25, 0.3) is 0 Å². The number of alkyl halides is 1. The van der Waals surface area contributed by atoms with E-state index in [2.05, 4.69) is 21.2 Å². The van der Waals surface area contributed by atoms with E-state index in [1.54, 1.807) is 0 Å². The molecule has 1 aromatic rings. The Balaban J connectivity index is 2.16. The fourth-order valence-electron chi connectivity index (χ4n) is 1.35. The van der Waals surface area contributed by atoms with Crippen molar-refractivity contribution in [3.63, 3.8) is 0 Å². The van der Waals surface area contributed by atoms with Crippen molar-refractivity contribution in [3.8, 4) is 0 Å². The summed E-state index contributed by atoms with van der Waals surface area (Å²) >= 11 is 3.38. The molecule has 0 saturated heterocycles. The number of hydrogen-bond acceptors (Lipinski definition) is 1. The maximum absolute atomic E-state index is 11.7. The Morgan fingerprint density at radius 1 is 1.43 bits per heavy atom. The van der Waals surface area contributed by atoms with Gasteiger partial charge in [0.2, 0.25) is 0 Å². The van der Waals surface area contributed by atoms with Gasteiger partial charge in [0.15, 0.2) is 0 Å². The average Bonchev–Trinajstić information content (AvgIpc) is 3.01. The molecule has 1 N–H and O–H groups in total. The number of carbonyl (C=O) groups is 1. The van der Waals surface area contributed by atoms with Gasteiger partial charge in [-0.1, -0.05) is 34.1 Å². The van der Waals surface area contributed by atoms with E-state index in [4.69, 9.17) is 0 Å². The highest BCUT2D eigenvalue weighted by Crippen LogP contribution is 2.20. The zero-order valence-electron chi connectivity index (χ0n) is 7.79. The van der Waals surface area contributed by atoms with Crippen LogP contribution in [-0.2, 0) is 5.33 Å². The van der Waals surface area contributed by atoms with Gasteiger partial charge in [0.05, 0.1) is 0 Å². The molecule has 0 spiro atoms. The molecular formula is C11H12BrNO. The minimum Gasteiger partial charge on any atom is -0.349 e. The third-order valence-corrected chi connectivity index (χ3v) is 2.92. The van der Waals surface area contributed by atoms with Crippen LogP contribution in [0.3, 0.4) is 0 Å². The minimum atomic E-state index is 0.0579. The van der Waals surface area contributed by atoms with Crippen molar-refractivity contribution in [1.29, 1.82) is 0 Å². The molecule has 2 rings (SSSR count). The fraction of sp³-hybridized carbons (Fsp3) is 0.364. The molecule has 1 aliphatic rings. The van der Waals surface area contributed by atoms with Crippen molar-refractivity contribution >= 4 is 21.8 Å². The smallest absolute Gasteiger partial charge is 0.251 e. The van der Waals surface area contributed by atoms with Gasteiger partial charge in [-0.25, -0.2) is 0 Å². The molecule has 0 aromatic heterocycles. The molecule has 0 heterocycles. The molecule has 14 heavy (non-hydrogen) atoms. The first-order valence-electron chi connectivity index (χ1n) is 4.76. The first kappa shape index (κ1) is 9.71. The van der Waals surface area contributed by atoms with E-state index in [0.29, 0.717) is 6.04 Å². The van der Waals surface area contributed by atoms with E-state index in [1.165, 1.54) is 0 Å². The van der Waals surface area contributed by atoms with E-state index in [9.17, 15) is 4.79 Å². The first-order chi connectivity index (χ1) is 6.81. The molecule has 0 unspecified atom stereocenters. The maximum Gasteiger partial charge on any atom is 0.251 e. The highest BCUT2D eigenvalue weighted by Gasteiger charge is 2.24. The van der Waals surface area contributed by atoms with Gasteiger partial charge in [0.1, 0.15) is 0 Å². The van der Waals surface area contributed by atoms with Crippen molar-refractivity contribution in [2.45, 2.75) is 24.2 Å². The molecule has 1 saturated carbocycles. The van der Waals surface area contributed by atoms with E-state index >= 15 is 0 Å². The summed E-state index contributed by atoms with van der Waals surface area (Å²) in [7, 11) is 0. The van der Waals surface area contributed by atoms with Crippen LogP contribution < -0.4 is 5.32 Å². The number of benzene rings is 1. The quantitative estimate of drug-likeness (QED) is 0.825. The second kappa shape index (κ2) is 4.13. The van der Waals surface area contributed by atoms with Crippen LogP contribution in [0.2, 0.25) is 0 Å². The number of carbonyl (C=O) groups excluding carboxylic acids is 1. The molecule has 3 heteroatoms. The van der Waals surface area contributed by atoms with Crippen LogP contribution in [0.1, 0.15) is 28.8 Å².